The SMILES string of the molecule is CN(c1ccc(-c2cnc3ccccc3c2)cc1)C1CCN(CCC=O)CC1. The minimum absolute atomic E-state index is 0.556. The number of aldehydes is 1. The van der Waals surface area contributed by atoms with Crippen LogP contribution in [-0.4, -0.2) is 48.9 Å². The minimum atomic E-state index is 0.556. The number of carbonyl (C=O) groups excluding carboxylic acids is 1. The van der Waals surface area contributed by atoms with Crippen LogP contribution in [0.25, 0.3) is 22.0 Å². The van der Waals surface area contributed by atoms with Gasteiger partial charge in [-0.15, -0.1) is 0 Å². The molecule has 0 aliphatic carbocycles. The zero-order valence-corrected chi connectivity index (χ0v) is 16.4. The van der Waals surface area contributed by atoms with E-state index in [1.54, 1.807) is 0 Å². The largest absolute Gasteiger partial charge is 0.372 e. The Hall–Kier alpha value is -2.72. The summed E-state index contributed by atoms with van der Waals surface area (Å²) in [5.74, 6) is 0. The Bertz CT molecular complexity index is 930. The molecule has 4 rings (SSSR count). The van der Waals surface area contributed by atoms with Crippen LogP contribution in [0.1, 0.15) is 19.3 Å². The molecule has 1 aliphatic rings. The number of nitrogens with zero attached hydrogens (tertiary/aromatic N) is 3. The highest BCUT2D eigenvalue weighted by Crippen LogP contribution is 2.27. The van der Waals surface area contributed by atoms with E-state index in [2.05, 4.69) is 64.3 Å². The third kappa shape index (κ3) is 4.07. The quantitative estimate of drug-likeness (QED) is 0.601. The van der Waals surface area contributed by atoms with Crippen molar-refractivity contribution in [3.8, 4) is 11.1 Å². The summed E-state index contributed by atoms with van der Waals surface area (Å²) in [4.78, 5) is 19.9. The van der Waals surface area contributed by atoms with Crippen molar-refractivity contribution >= 4 is 22.9 Å². The van der Waals surface area contributed by atoms with Gasteiger partial charge in [0.25, 0.3) is 0 Å². The van der Waals surface area contributed by atoms with Crippen LogP contribution in [0.5, 0.6) is 0 Å². The Morgan fingerprint density at radius 2 is 1.82 bits per heavy atom. The molecule has 0 atom stereocenters. The molecule has 3 aromatic rings. The first-order chi connectivity index (χ1) is 13.7. The van der Waals surface area contributed by atoms with Gasteiger partial charge in [0.15, 0.2) is 0 Å². The summed E-state index contributed by atoms with van der Waals surface area (Å²) in [5.41, 5.74) is 4.63. The van der Waals surface area contributed by atoms with Gasteiger partial charge in [-0.3, -0.25) is 4.98 Å². The number of likely N-dealkylation sites (tertiary alicyclic amines) is 1. The van der Waals surface area contributed by atoms with E-state index >= 15 is 0 Å². The van der Waals surface area contributed by atoms with Gasteiger partial charge in [-0.2, -0.15) is 0 Å². The van der Waals surface area contributed by atoms with Gasteiger partial charge >= 0.3 is 0 Å². The van der Waals surface area contributed by atoms with Gasteiger partial charge in [0, 0.05) is 62.0 Å². The maximum absolute atomic E-state index is 10.6. The van der Waals surface area contributed by atoms with Crippen molar-refractivity contribution in [2.75, 3.05) is 31.6 Å². The molecule has 4 heteroatoms. The summed E-state index contributed by atoms with van der Waals surface area (Å²) in [6.45, 7) is 3.04. The van der Waals surface area contributed by atoms with Crippen molar-refractivity contribution in [1.29, 1.82) is 0 Å². The molecule has 4 nitrogen and oxygen atoms in total. The lowest BCUT2D eigenvalue weighted by Gasteiger charge is -2.37. The van der Waals surface area contributed by atoms with Crippen molar-refractivity contribution in [3.05, 3.63) is 60.8 Å². The van der Waals surface area contributed by atoms with E-state index in [9.17, 15) is 4.79 Å². The van der Waals surface area contributed by atoms with Gasteiger partial charge < -0.3 is 14.6 Å². The maximum Gasteiger partial charge on any atom is 0.121 e. The first-order valence-electron chi connectivity index (χ1n) is 10.1. The molecule has 1 aromatic heterocycles. The standard InChI is InChI=1S/C24H27N3O/c1-26(23-11-14-27(15-12-23)13-4-16-28)22-9-7-19(8-10-22)21-17-20-5-2-3-6-24(20)25-18-21/h2-3,5-10,16-18,23H,4,11-15H2,1H3. The second kappa shape index (κ2) is 8.53. The molecule has 0 bridgehead atoms. The summed E-state index contributed by atoms with van der Waals surface area (Å²) in [6.07, 6.45) is 5.91. The van der Waals surface area contributed by atoms with E-state index < -0.39 is 0 Å². The van der Waals surface area contributed by atoms with Gasteiger partial charge in [0.05, 0.1) is 5.52 Å². The normalized spacial score (nSPS) is 15.6. The average molecular weight is 374 g/mol. The van der Waals surface area contributed by atoms with Gasteiger partial charge in [0.1, 0.15) is 6.29 Å². The summed E-state index contributed by atoms with van der Waals surface area (Å²) in [5, 5.41) is 1.17. The fraction of sp³-hybridized carbons (Fsp3) is 0.333. The molecule has 28 heavy (non-hydrogen) atoms. The fourth-order valence-corrected chi connectivity index (χ4v) is 4.09. The van der Waals surface area contributed by atoms with Crippen LogP contribution in [0.2, 0.25) is 0 Å². The number of rotatable bonds is 6. The fourth-order valence-electron chi connectivity index (χ4n) is 4.09. The zero-order valence-electron chi connectivity index (χ0n) is 16.4. The number of pyridine rings is 1. The number of anilines is 1. The van der Waals surface area contributed by atoms with Gasteiger partial charge in [-0.05, 0) is 42.7 Å². The van der Waals surface area contributed by atoms with Crippen molar-refractivity contribution in [1.82, 2.24) is 9.88 Å². The Labute approximate surface area is 166 Å². The average Bonchev–Trinajstić information content (AvgIpc) is 2.77. The van der Waals surface area contributed by atoms with Crippen molar-refractivity contribution in [2.45, 2.75) is 25.3 Å². The van der Waals surface area contributed by atoms with Gasteiger partial charge in [-0.25, -0.2) is 0 Å². The number of hydrogen-bond acceptors (Lipinski definition) is 4. The molecule has 144 valence electrons. The third-order valence-electron chi connectivity index (χ3n) is 5.87. The third-order valence-corrected chi connectivity index (χ3v) is 5.87. The molecule has 0 N–H and O–H groups in total. The lowest BCUT2D eigenvalue weighted by atomic mass is 10.0. The molecule has 0 radical (unpaired) electrons. The van der Waals surface area contributed by atoms with E-state index in [0.29, 0.717) is 12.5 Å². The maximum atomic E-state index is 10.6. The van der Waals surface area contributed by atoms with Crippen LogP contribution in [-0.2, 0) is 4.79 Å². The predicted molar refractivity (Wildman–Crippen MR) is 116 cm³/mol. The molecule has 1 fully saturated rings. The first-order valence-corrected chi connectivity index (χ1v) is 10.1. The van der Waals surface area contributed by atoms with Crippen LogP contribution in [0.4, 0.5) is 5.69 Å². The predicted octanol–water partition coefficient (Wildman–Crippen LogP) is 4.39. The Kier molecular flexibility index (Phi) is 5.68. The number of para-hydroxylation sites is 1. The highest BCUT2D eigenvalue weighted by Gasteiger charge is 2.22. The van der Waals surface area contributed by atoms with Crippen molar-refractivity contribution < 1.29 is 4.79 Å². The van der Waals surface area contributed by atoms with E-state index in [1.165, 1.54) is 16.6 Å². The highest BCUT2D eigenvalue weighted by atomic mass is 16.1. The van der Waals surface area contributed by atoms with Crippen molar-refractivity contribution in [2.24, 2.45) is 0 Å². The molecular weight excluding hydrogens is 346 g/mol. The van der Waals surface area contributed by atoms with E-state index in [4.69, 9.17) is 0 Å². The topological polar surface area (TPSA) is 36.4 Å². The molecule has 0 unspecified atom stereocenters. The zero-order chi connectivity index (χ0) is 19.3. The number of benzene rings is 2. The number of fused-ring (bicyclic) bond motifs is 1. The molecule has 2 aromatic carbocycles. The summed E-state index contributed by atoms with van der Waals surface area (Å²) in [7, 11) is 2.19. The summed E-state index contributed by atoms with van der Waals surface area (Å²) >= 11 is 0. The monoisotopic (exact) mass is 373 g/mol. The highest BCUT2D eigenvalue weighted by molar-refractivity contribution is 5.83. The Morgan fingerprint density at radius 1 is 1.07 bits per heavy atom. The van der Waals surface area contributed by atoms with Crippen LogP contribution >= 0.6 is 0 Å². The second-order valence-corrected chi connectivity index (χ2v) is 7.60. The molecule has 1 aliphatic heterocycles. The van der Waals surface area contributed by atoms with Gasteiger partial charge in [-0.1, -0.05) is 30.3 Å². The van der Waals surface area contributed by atoms with Crippen molar-refractivity contribution in [3.63, 3.8) is 0 Å². The lowest BCUT2D eigenvalue weighted by molar-refractivity contribution is -0.108. The molecule has 0 amide bonds. The molecule has 0 saturated carbocycles. The molecule has 2 heterocycles. The Balaban J connectivity index is 1.43. The number of aromatic nitrogens is 1. The number of carbonyl (C=O) groups is 1. The summed E-state index contributed by atoms with van der Waals surface area (Å²) in [6, 6.07) is 19.8. The summed E-state index contributed by atoms with van der Waals surface area (Å²) < 4.78 is 0. The molecular formula is C24H27N3O. The van der Waals surface area contributed by atoms with E-state index in [1.807, 2.05) is 18.3 Å². The minimum Gasteiger partial charge on any atom is -0.372 e. The smallest absolute Gasteiger partial charge is 0.121 e. The van der Waals surface area contributed by atoms with Crippen LogP contribution in [0.3, 0.4) is 0 Å². The van der Waals surface area contributed by atoms with E-state index in [-0.39, 0.29) is 0 Å². The lowest BCUT2D eigenvalue weighted by Crippen LogP contribution is -2.43. The number of hydrogen-bond donors (Lipinski definition) is 0. The molecule has 1 saturated heterocycles. The second-order valence-electron chi connectivity index (χ2n) is 7.60. The Morgan fingerprint density at radius 3 is 2.57 bits per heavy atom. The van der Waals surface area contributed by atoms with Gasteiger partial charge in [0.2, 0.25) is 0 Å². The van der Waals surface area contributed by atoms with Crippen LogP contribution in [0, 0.1) is 0 Å². The molecule has 0 spiro atoms. The number of piperidine rings is 1. The first kappa shape index (κ1) is 18.6. The van der Waals surface area contributed by atoms with E-state index in [0.717, 1.165) is 49.8 Å². The van der Waals surface area contributed by atoms with Crippen LogP contribution in [0.15, 0.2) is 60.8 Å². The van der Waals surface area contributed by atoms with Crippen LogP contribution < -0.4 is 4.90 Å².